The summed E-state index contributed by atoms with van der Waals surface area (Å²) in [5.74, 6) is -0.0173. The van der Waals surface area contributed by atoms with E-state index in [1.807, 2.05) is 23.2 Å². The van der Waals surface area contributed by atoms with Gasteiger partial charge in [0.15, 0.2) is 5.82 Å². The number of aliphatic hydroxyl groups is 2. The standard InChI is InChI=1S/C27H35F3N8O2/c1-18(40)22-14-20-16-32-26(35-24(20)25(33-22)38-6-4-21(5-7-38)27(28,29)30)34-23-3-2-19(15-31-23)17-37-10-8-36(9-11-37)12-13-39/h2-3,14-16,18,21,39-40H,4-13,17H2,1H3,(H,31,32,34,35). The van der Waals surface area contributed by atoms with E-state index >= 15 is 0 Å². The van der Waals surface area contributed by atoms with Gasteiger partial charge in [-0.3, -0.25) is 9.80 Å². The highest BCUT2D eigenvalue weighted by Crippen LogP contribution is 2.36. The molecule has 0 aromatic carbocycles. The molecule has 13 heteroatoms. The van der Waals surface area contributed by atoms with Crippen LogP contribution in [0.15, 0.2) is 30.6 Å². The van der Waals surface area contributed by atoms with Crippen LogP contribution in [0.25, 0.3) is 10.9 Å². The molecule has 0 amide bonds. The fourth-order valence-corrected chi connectivity index (χ4v) is 5.23. The molecule has 3 aromatic heterocycles. The number of aromatic nitrogens is 4. The molecule has 0 bridgehead atoms. The molecule has 0 radical (unpaired) electrons. The molecule has 3 aromatic rings. The SMILES string of the molecule is CC(O)c1cc2cnc(Nc3ccc(CN4CCN(CCO)CC4)cn3)nc2c(N2CCC(C(F)(F)F)CC2)n1. The van der Waals surface area contributed by atoms with Crippen molar-refractivity contribution in [3.8, 4) is 0 Å². The summed E-state index contributed by atoms with van der Waals surface area (Å²) in [7, 11) is 0. The van der Waals surface area contributed by atoms with E-state index in [1.54, 1.807) is 19.2 Å². The van der Waals surface area contributed by atoms with Gasteiger partial charge >= 0.3 is 6.18 Å². The van der Waals surface area contributed by atoms with Crippen molar-refractivity contribution in [3.05, 3.63) is 41.9 Å². The van der Waals surface area contributed by atoms with Gasteiger partial charge in [0.25, 0.3) is 0 Å². The summed E-state index contributed by atoms with van der Waals surface area (Å²) in [5.41, 5.74) is 2.00. The van der Waals surface area contributed by atoms with Crippen LogP contribution in [-0.4, -0.2) is 98.5 Å². The fraction of sp³-hybridized carbons (Fsp3) is 0.556. The summed E-state index contributed by atoms with van der Waals surface area (Å²) in [6.07, 6.45) is -1.65. The number of piperazine rings is 1. The van der Waals surface area contributed by atoms with E-state index in [9.17, 15) is 18.3 Å². The number of aliphatic hydroxyl groups excluding tert-OH is 2. The Kier molecular flexibility index (Phi) is 8.64. The smallest absolute Gasteiger partial charge is 0.391 e. The van der Waals surface area contributed by atoms with Gasteiger partial charge in [-0.1, -0.05) is 6.07 Å². The molecular formula is C27H35F3N8O2. The van der Waals surface area contributed by atoms with Crippen molar-refractivity contribution < 1.29 is 23.4 Å². The predicted octanol–water partition coefficient (Wildman–Crippen LogP) is 3.11. The van der Waals surface area contributed by atoms with E-state index in [1.165, 1.54) is 0 Å². The summed E-state index contributed by atoms with van der Waals surface area (Å²) in [4.78, 5) is 24.6. The minimum Gasteiger partial charge on any atom is -0.395 e. The maximum absolute atomic E-state index is 13.2. The summed E-state index contributed by atoms with van der Waals surface area (Å²) >= 11 is 0. The first-order valence-corrected chi connectivity index (χ1v) is 13.6. The molecule has 2 saturated heterocycles. The number of nitrogens with zero attached hydrogens (tertiary/aromatic N) is 7. The number of β-amino-alcohol motifs (C(OH)–C–C–N with tert-alkyl or cyclic N) is 1. The Hall–Kier alpha value is -3.13. The number of hydrogen-bond donors (Lipinski definition) is 3. The van der Waals surface area contributed by atoms with Gasteiger partial charge in [-0.15, -0.1) is 0 Å². The zero-order chi connectivity index (χ0) is 28.3. The molecule has 10 nitrogen and oxygen atoms in total. The van der Waals surface area contributed by atoms with Gasteiger partial charge in [-0.25, -0.2) is 19.9 Å². The van der Waals surface area contributed by atoms with E-state index in [-0.39, 0.29) is 32.5 Å². The average Bonchev–Trinajstić information content (AvgIpc) is 2.94. The van der Waals surface area contributed by atoms with E-state index in [0.29, 0.717) is 40.7 Å². The Morgan fingerprint density at radius 2 is 1.73 bits per heavy atom. The summed E-state index contributed by atoms with van der Waals surface area (Å²) in [5, 5.41) is 23.0. The lowest BCUT2D eigenvalue weighted by atomic mass is 9.96. The van der Waals surface area contributed by atoms with Crippen molar-refractivity contribution in [1.29, 1.82) is 0 Å². The maximum atomic E-state index is 13.2. The molecule has 1 atom stereocenters. The highest BCUT2D eigenvalue weighted by molar-refractivity contribution is 5.89. The lowest BCUT2D eigenvalue weighted by molar-refractivity contribution is -0.179. The molecule has 216 valence electrons. The Morgan fingerprint density at radius 3 is 2.35 bits per heavy atom. The number of pyridine rings is 2. The lowest BCUT2D eigenvalue weighted by Gasteiger charge is -2.34. The number of piperidine rings is 1. The van der Waals surface area contributed by atoms with Crippen LogP contribution in [0.5, 0.6) is 0 Å². The third kappa shape index (κ3) is 6.77. The number of hydrogen-bond acceptors (Lipinski definition) is 10. The maximum Gasteiger partial charge on any atom is 0.391 e. The second kappa shape index (κ2) is 12.2. The predicted molar refractivity (Wildman–Crippen MR) is 145 cm³/mol. The molecule has 2 aliphatic rings. The third-order valence-corrected chi connectivity index (χ3v) is 7.60. The van der Waals surface area contributed by atoms with Crippen LogP contribution in [0.3, 0.4) is 0 Å². The van der Waals surface area contributed by atoms with Gasteiger partial charge in [-0.2, -0.15) is 13.2 Å². The Labute approximate surface area is 230 Å². The average molecular weight is 561 g/mol. The van der Waals surface area contributed by atoms with Gasteiger partial charge < -0.3 is 20.4 Å². The molecule has 3 N–H and O–H groups in total. The van der Waals surface area contributed by atoms with Crippen LogP contribution in [0.4, 0.5) is 30.8 Å². The van der Waals surface area contributed by atoms with Crippen LogP contribution in [0.2, 0.25) is 0 Å². The molecular weight excluding hydrogens is 525 g/mol. The first kappa shape index (κ1) is 28.4. The molecule has 40 heavy (non-hydrogen) atoms. The van der Waals surface area contributed by atoms with Crippen LogP contribution in [0, 0.1) is 5.92 Å². The van der Waals surface area contributed by atoms with E-state index < -0.39 is 18.2 Å². The molecule has 5 rings (SSSR count). The molecule has 0 saturated carbocycles. The molecule has 1 unspecified atom stereocenters. The van der Waals surface area contributed by atoms with Crippen LogP contribution in [-0.2, 0) is 6.54 Å². The van der Waals surface area contributed by atoms with Crippen LogP contribution >= 0.6 is 0 Å². The number of anilines is 3. The summed E-state index contributed by atoms with van der Waals surface area (Å²) in [6.45, 7) is 7.41. The fourth-order valence-electron chi connectivity index (χ4n) is 5.23. The van der Waals surface area contributed by atoms with E-state index in [2.05, 4.69) is 35.1 Å². The van der Waals surface area contributed by atoms with Gasteiger partial charge in [-0.05, 0) is 37.5 Å². The number of rotatable bonds is 8. The molecule has 0 aliphatic carbocycles. The largest absolute Gasteiger partial charge is 0.395 e. The van der Waals surface area contributed by atoms with Crippen molar-refractivity contribution in [2.45, 2.75) is 38.6 Å². The zero-order valence-corrected chi connectivity index (χ0v) is 22.5. The van der Waals surface area contributed by atoms with Gasteiger partial charge in [0.2, 0.25) is 5.95 Å². The van der Waals surface area contributed by atoms with Crippen molar-refractivity contribution in [1.82, 2.24) is 29.7 Å². The minimum absolute atomic E-state index is 0.0175. The van der Waals surface area contributed by atoms with Crippen LogP contribution < -0.4 is 10.2 Å². The zero-order valence-electron chi connectivity index (χ0n) is 22.5. The van der Waals surface area contributed by atoms with Crippen LogP contribution in [0.1, 0.15) is 37.1 Å². The highest BCUT2D eigenvalue weighted by Gasteiger charge is 2.41. The van der Waals surface area contributed by atoms with Crippen molar-refractivity contribution >= 4 is 28.5 Å². The molecule has 0 spiro atoms. The second-order valence-electron chi connectivity index (χ2n) is 10.5. The normalized spacial score (nSPS) is 18.8. The van der Waals surface area contributed by atoms with Crippen molar-refractivity contribution in [2.75, 3.05) is 62.6 Å². The van der Waals surface area contributed by atoms with E-state index in [0.717, 1.165) is 38.3 Å². The van der Waals surface area contributed by atoms with Gasteiger partial charge in [0.1, 0.15) is 11.3 Å². The first-order chi connectivity index (χ1) is 19.2. The number of fused-ring (bicyclic) bond motifs is 1. The second-order valence-corrected chi connectivity index (χ2v) is 10.5. The van der Waals surface area contributed by atoms with Crippen molar-refractivity contribution in [2.24, 2.45) is 5.92 Å². The first-order valence-electron chi connectivity index (χ1n) is 13.6. The number of alkyl halides is 3. The van der Waals surface area contributed by atoms with E-state index in [4.69, 9.17) is 5.11 Å². The van der Waals surface area contributed by atoms with Crippen molar-refractivity contribution in [3.63, 3.8) is 0 Å². The molecule has 5 heterocycles. The summed E-state index contributed by atoms with van der Waals surface area (Å²) < 4.78 is 39.7. The van der Waals surface area contributed by atoms with Gasteiger partial charge in [0, 0.05) is 70.1 Å². The molecule has 2 fully saturated rings. The summed E-state index contributed by atoms with van der Waals surface area (Å²) in [6, 6.07) is 5.57. The topological polar surface area (TPSA) is 114 Å². The number of nitrogens with one attached hydrogen (secondary N) is 1. The lowest BCUT2D eigenvalue weighted by Crippen LogP contribution is -2.46. The van der Waals surface area contributed by atoms with Gasteiger partial charge in [0.05, 0.1) is 24.3 Å². The third-order valence-electron chi connectivity index (χ3n) is 7.60. The Balaban J connectivity index is 1.30. The Morgan fingerprint density at radius 1 is 1.00 bits per heavy atom. The Bertz CT molecular complexity index is 1280. The number of halogens is 3. The highest BCUT2D eigenvalue weighted by atomic mass is 19.4. The molecule has 2 aliphatic heterocycles. The minimum atomic E-state index is -4.21. The monoisotopic (exact) mass is 560 g/mol. The quantitative estimate of drug-likeness (QED) is 0.380.